The number of benzene rings is 1. The molecule has 0 bridgehead atoms. The third-order valence-corrected chi connectivity index (χ3v) is 4.79. The van der Waals surface area contributed by atoms with Crippen LogP contribution >= 0.6 is 0 Å². The number of rotatable bonds is 8. The van der Waals surface area contributed by atoms with Crippen LogP contribution in [0, 0.1) is 0 Å². The molecule has 0 heterocycles. The number of hydrogen-bond donors (Lipinski definition) is 2. The lowest BCUT2D eigenvalue weighted by atomic mass is 10.1. The molecule has 22 heavy (non-hydrogen) atoms. The maximum absolute atomic E-state index is 11.4. The summed E-state index contributed by atoms with van der Waals surface area (Å²) < 4.78 is 44.0. The lowest BCUT2D eigenvalue weighted by Crippen LogP contribution is -2.26. The maximum atomic E-state index is 11.4. The molecule has 0 saturated carbocycles. The zero-order chi connectivity index (χ0) is 16.8. The number of hydrogen-bond acceptors (Lipinski definition) is 5. The molecule has 1 rings (SSSR count). The number of sulfone groups is 1. The molecule has 0 atom stereocenters. The van der Waals surface area contributed by atoms with E-state index in [1.54, 1.807) is 12.1 Å². The molecule has 9 heteroatoms. The van der Waals surface area contributed by atoms with Gasteiger partial charge in [-0.1, -0.05) is 12.1 Å². The highest BCUT2D eigenvalue weighted by Crippen LogP contribution is 2.10. The van der Waals surface area contributed by atoms with Gasteiger partial charge in [0.25, 0.3) is 0 Å². The van der Waals surface area contributed by atoms with Gasteiger partial charge < -0.3 is 5.32 Å². The second kappa shape index (κ2) is 7.70. The van der Waals surface area contributed by atoms with E-state index in [1.165, 1.54) is 12.1 Å². The van der Waals surface area contributed by atoms with E-state index in [1.807, 2.05) is 0 Å². The van der Waals surface area contributed by atoms with Crippen LogP contribution in [0.1, 0.15) is 18.4 Å². The minimum Gasteiger partial charge on any atom is -0.356 e. The van der Waals surface area contributed by atoms with E-state index in [9.17, 15) is 21.6 Å². The molecular weight excluding hydrogens is 328 g/mol. The number of amides is 1. The van der Waals surface area contributed by atoms with Crippen molar-refractivity contribution in [2.45, 2.75) is 24.2 Å². The van der Waals surface area contributed by atoms with Gasteiger partial charge in [0.1, 0.15) is 9.84 Å². The monoisotopic (exact) mass is 348 g/mol. The van der Waals surface area contributed by atoms with Crippen molar-refractivity contribution in [1.29, 1.82) is 0 Å². The van der Waals surface area contributed by atoms with Crippen LogP contribution in [0.4, 0.5) is 0 Å². The standard InChI is InChI=1S/C13H20N2O5S2/c1-21(17,18)10-8-13(16)15-9-2-3-11-4-6-12(7-5-11)22(14,19)20/h4-7H,2-3,8-10H2,1H3,(H,15,16)(H2,14,19,20). The fourth-order valence-electron chi connectivity index (χ4n) is 1.73. The van der Waals surface area contributed by atoms with Gasteiger partial charge in [0.2, 0.25) is 15.9 Å². The molecule has 0 unspecified atom stereocenters. The predicted molar refractivity (Wildman–Crippen MR) is 83.5 cm³/mol. The average Bonchev–Trinajstić information content (AvgIpc) is 2.40. The van der Waals surface area contributed by atoms with Crippen LogP contribution in [-0.4, -0.2) is 41.3 Å². The summed E-state index contributed by atoms with van der Waals surface area (Å²) in [5.74, 6) is -0.455. The molecule has 0 fully saturated rings. The van der Waals surface area contributed by atoms with Crippen LogP contribution in [-0.2, 0) is 31.1 Å². The lowest BCUT2D eigenvalue weighted by molar-refractivity contribution is -0.120. The highest BCUT2D eigenvalue weighted by Gasteiger charge is 2.08. The first-order chi connectivity index (χ1) is 10.1. The molecule has 124 valence electrons. The van der Waals surface area contributed by atoms with Crippen molar-refractivity contribution in [2.24, 2.45) is 5.14 Å². The second-order valence-electron chi connectivity index (χ2n) is 5.02. The molecular formula is C13H20N2O5S2. The van der Waals surface area contributed by atoms with Crippen molar-refractivity contribution in [2.75, 3.05) is 18.6 Å². The van der Waals surface area contributed by atoms with Crippen LogP contribution in [0.3, 0.4) is 0 Å². The molecule has 0 aliphatic carbocycles. The summed E-state index contributed by atoms with van der Waals surface area (Å²) in [7, 11) is -6.81. The molecule has 0 aromatic heterocycles. The van der Waals surface area contributed by atoms with Gasteiger partial charge >= 0.3 is 0 Å². The average molecular weight is 348 g/mol. The topological polar surface area (TPSA) is 123 Å². The largest absolute Gasteiger partial charge is 0.356 e. The third-order valence-electron chi connectivity index (χ3n) is 2.92. The number of aryl methyl sites for hydroxylation is 1. The van der Waals surface area contributed by atoms with Gasteiger partial charge in [0.05, 0.1) is 10.6 Å². The number of sulfonamides is 1. The third kappa shape index (κ3) is 7.53. The number of nitrogens with two attached hydrogens (primary N) is 1. The highest BCUT2D eigenvalue weighted by molar-refractivity contribution is 7.90. The Morgan fingerprint density at radius 3 is 2.23 bits per heavy atom. The van der Waals surface area contributed by atoms with Gasteiger partial charge in [-0.05, 0) is 30.5 Å². The van der Waals surface area contributed by atoms with E-state index < -0.39 is 19.9 Å². The number of nitrogens with one attached hydrogen (secondary N) is 1. The zero-order valence-corrected chi connectivity index (χ0v) is 13.9. The molecule has 0 saturated heterocycles. The number of carbonyl (C=O) groups excluding carboxylic acids is 1. The molecule has 1 aromatic carbocycles. The SMILES string of the molecule is CS(=O)(=O)CCC(=O)NCCCc1ccc(S(N)(=O)=O)cc1. The Balaban J connectivity index is 2.32. The van der Waals surface area contributed by atoms with Crippen molar-refractivity contribution in [3.05, 3.63) is 29.8 Å². The predicted octanol–water partition coefficient (Wildman–Crippen LogP) is -0.182. The lowest BCUT2D eigenvalue weighted by Gasteiger charge is -2.05. The van der Waals surface area contributed by atoms with E-state index in [-0.39, 0.29) is 23.0 Å². The minimum absolute atomic E-state index is 0.0398. The van der Waals surface area contributed by atoms with E-state index in [0.717, 1.165) is 11.8 Å². The second-order valence-corrected chi connectivity index (χ2v) is 8.84. The van der Waals surface area contributed by atoms with E-state index in [4.69, 9.17) is 5.14 Å². The first-order valence-electron chi connectivity index (χ1n) is 6.64. The van der Waals surface area contributed by atoms with Gasteiger partial charge in [0, 0.05) is 19.2 Å². The van der Waals surface area contributed by atoms with Gasteiger partial charge in [-0.15, -0.1) is 0 Å². The molecule has 0 aliphatic rings. The van der Waals surface area contributed by atoms with Crippen LogP contribution < -0.4 is 10.5 Å². The Morgan fingerprint density at radius 1 is 1.14 bits per heavy atom. The molecule has 0 spiro atoms. The summed E-state index contributed by atoms with van der Waals surface area (Å²) in [5, 5.41) is 7.64. The first kappa shape index (κ1) is 18.6. The summed E-state index contributed by atoms with van der Waals surface area (Å²) >= 11 is 0. The summed E-state index contributed by atoms with van der Waals surface area (Å²) in [6.07, 6.45) is 2.38. The van der Waals surface area contributed by atoms with Gasteiger partial charge in [0.15, 0.2) is 0 Å². The Labute approximate surface area is 130 Å². The van der Waals surface area contributed by atoms with Crippen LogP contribution in [0.5, 0.6) is 0 Å². The fourth-order valence-corrected chi connectivity index (χ4v) is 2.80. The van der Waals surface area contributed by atoms with Crippen molar-refractivity contribution in [3.8, 4) is 0 Å². The normalized spacial score (nSPS) is 12.1. The Bertz CT molecular complexity index is 709. The minimum atomic E-state index is -3.68. The zero-order valence-electron chi connectivity index (χ0n) is 12.3. The number of primary sulfonamides is 1. The quantitative estimate of drug-likeness (QED) is 0.631. The first-order valence-corrected chi connectivity index (χ1v) is 10.2. The fraction of sp³-hybridized carbons (Fsp3) is 0.462. The Morgan fingerprint density at radius 2 is 1.73 bits per heavy atom. The van der Waals surface area contributed by atoms with Crippen molar-refractivity contribution in [1.82, 2.24) is 5.32 Å². The van der Waals surface area contributed by atoms with Crippen LogP contribution in [0.25, 0.3) is 0 Å². The molecule has 1 amide bonds. The van der Waals surface area contributed by atoms with E-state index in [0.29, 0.717) is 19.4 Å². The molecule has 3 N–H and O–H groups in total. The summed E-state index contributed by atoms with van der Waals surface area (Å²) in [6, 6.07) is 6.22. The Kier molecular flexibility index (Phi) is 6.51. The summed E-state index contributed by atoms with van der Waals surface area (Å²) in [6.45, 7) is 0.430. The smallest absolute Gasteiger partial charge is 0.238 e. The van der Waals surface area contributed by atoms with Crippen molar-refractivity contribution < 1.29 is 21.6 Å². The van der Waals surface area contributed by atoms with Gasteiger partial charge in [-0.2, -0.15) is 0 Å². The highest BCUT2D eigenvalue weighted by atomic mass is 32.2. The van der Waals surface area contributed by atoms with E-state index >= 15 is 0 Å². The molecule has 0 aliphatic heterocycles. The van der Waals surface area contributed by atoms with E-state index in [2.05, 4.69) is 5.32 Å². The van der Waals surface area contributed by atoms with Crippen molar-refractivity contribution >= 4 is 25.8 Å². The molecule has 7 nitrogen and oxygen atoms in total. The number of carbonyl (C=O) groups is 1. The summed E-state index contributed by atoms with van der Waals surface area (Å²) in [4.78, 5) is 11.5. The van der Waals surface area contributed by atoms with Crippen LogP contribution in [0.15, 0.2) is 29.2 Å². The van der Waals surface area contributed by atoms with Crippen molar-refractivity contribution in [3.63, 3.8) is 0 Å². The van der Waals surface area contributed by atoms with Crippen LogP contribution in [0.2, 0.25) is 0 Å². The Hall–Kier alpha value is -1.45. The summed E-state index contributed by atoms with van der Waals surface area (Å²) in [5.41, 5.74) is 0.929. The molecule has 0 radical (unpaired) electrons. The molecule has 1 aromatic rings. The maximum Gasteiger partial charge on any atom is 0.238 e. The van der Waals surface area contributed by atoms with Gasteiger partial charge in [-0.25, -0.2) is 22.0 Å². The van der Waals surface area contributed by atoms with Gasteiger partial charge in [-0.3, -0.25) is 4.79 Å².